The molecule has 0 amide bonds. The van der Waals surface area contributed by atoms with Crippen LogP contribution in [-0.4, -0.2) is 4.98 Å². The number of aromatic amines is 1. The lowest BCUT2D eigenvalue weighted by Gasteiger charge is -2.10. The Morgan fingerprint density at radius 2 is 0.780 bits per heavy atom. The fraction of sp³-hybridized carbons (Fsp3) is 0. The maximum atomic E-state index is 6.75. The summed E-state index contributed by atoms with van der Waals surface area (Å²) in [5, 5.41) is 4.66. The zero-order chi connectivity index (χ0) is 33.0. The maximum absolute atomic E-state index is 6.75. The Labute approximate surface area is 289 Å². The van der Waals surface area contributed by atoms with Crippen molar-refractivity contribution in [3.8, 4) is 55.6 Å². The van der Waals surface area contributed by atoms with Crippen molar-refractivity contribution in [3.63, 3.8) is 0 Å². The minimum atomic E-state index is 0.885. The molecule has 0 unspecified atom stereocenters. The number of para-hydroxylation sites is 1. The van der Waals surface area contributed by atoms with Crippen LogP contribution in [-0.2, 0) is 0 Å². The topological polar surface area (TPSA) is 28.9 Å². The van der Waals surface area contributed by atoms with Gasteiger partial charge in [0.15, 0.2) is 0 Å². The number of rotatable bonds is 5. The van der Waals surface area contributed by atoms with Gasteiger partial charge in [0, 0.05) is 38.1 Å². The quantitative estimate of drug-likeness (QED) is 0.200. The second-order valence-corrected chi connectivity index (χ2v) is 13.0. The molecule has 2 heterocycles. The molecular formula is C48H31NO. The van der Waals surface area contributed by atoms with Crippen molar-refractivity contribution in [2.75, 3.05) is 0 Å². The molecule has 0 fully saturated rings. The molecule has 10 rings (SSSR count). The van der Waals surface area contributed by atoms with Crippen LogP contribution in [0.5, 0.6) is 0 Å². The molecule has 2 aromatic heterocycles. The van der Waals surface area contributed by atoms with Crippen LogP contribution in [0.25, 0.3) is 99.4 Å². The van der Waals surface area contributed by atoms with E-state index in [1.165, 1.54) is 49.7 Å². The molecule has 0 saturated carbocycles. The van der Waals surface area contributed by atoms with Crippen LogP contribution in [0, 0.1) is 0 Å². The summed E-state index contributed by atoms with van der Waals surface area (Å²) in [5.41, 5.74) is 15.8. The van der Waals surface area contributed by atoms with Gasteiger partial charge in [0.1, 0.15) is 11.2 Å². The molecule has 0 aliphatic heterocycles. The SMILES string of the molecule is c1ccc(-c2ccc(-c3ccc4oc5c(-c6ccc7[nH]c8ccccc8c7c6)cc(-c6ccc(-c7ccccc7)cc6)cc5c4c3)cc2)cc1. The lowest BCUT2D eigenvalue weighted by molar-refractivity contribution is 0.670. The zero-order valence-corrected chi connectivity index (χ0v) is 27.2. The molecule has 50 heavy (non-hydrogen) atoms. The van der Waals surface area contributed by atoms with Crippen LogP contribution in [0.15, 0.2) is 186 Å². The summed E-state index contributed by atoms with van der Waals surface area (Å²) in [6, 6.07) is 65.2. The highest BCUT2D eigenvalue weighted by atomic mass is 16.3. The molecule has 0 radical (unpaired) electrons. The van der Waals surface area contributed by atoms with E-state index < -0.39 is 0 Å². The van der Waals surface area contributed by atoms with Crippen molar-refractivity contribution < 1.29 is 4.42 Å². The highest BCUT2D eigenvalue weighted by Gasteiger charge is 2.17. The van der Waals surface area contributed by atoms with E-state index >= 15 is 0 Å². The molecule has 2 nitrogen and oxygen atoms in total. The van der Waals surface area contributed by atoms with Crippen LogP contribution in [0.4, 0.5) is 0 Å². The second kappa shape index (κ2) is 11.5. The van der Waals surface area contributed by atoms with Crippen LogP contribution >= 0.6 is 0 Å². The van der Waals surface area contributed by atoms with Gasteiger partial charge < -0.3 is 9.40 Å². The lowest BCUT2D eigenvalue weighted by Crippen LogP contribution is -1.85. The van der Waals surface area contributed by atoms with Crippen LogP contribution in [0.2, 0.25) is 0 Å². The summed E-state index contributed by atoms with van der Waals surface area (Å²) >= 11 is 0. The van der Waals surface area contributed by atoms with E-state index in [9.17, 15) is 0 Å². The first kappa shape index (κ1) is 28.4. The van der Waals surface area contributed by atoms with Gasteiger partial charge in [-0.3, -0.25) is 0 Å². The molecule has 2 heteroatoms. The molecule has 1 N–H and O–H groups in total. The first-order chi connectivity index (χ1) is 24.7. The smallest absolute Gasteiger partial charge is 0.143 e. The van der Waals surface area contributed by atoms with Crippen LogP contribution < -0.4 is 0 Å². The van der Waals surface area contributed by atoms with E-state index in [1.54, 1.807) is 0 Å². The van der Waals surface area contributed by atoms with E-state index in [-0.39, 0.29) is 0 Å². The standard InChI is InChI=1S/C48H31NO/c1-3-9-31(10-4-1)33-15-19-35(20-16-33)37-24-26-47-43(27-37)44-30-39(36-21-17-34(18-22-36)32-11-5-2-6-12-32)29-41(48(44)50-47)38-23-25-46-42(28-38)40-13-7-8-14-45(40)49-46/h1-30,49H. The summed E-state index contributed by atoms with van der Waals surface area (Å²) in [4.78, 5) is 3.58. The minimum Gasteiger partial charge on any atom is -0.455 e. The number of benzene rings is 8. The number of nitrogens with one attached hydrogen (secondary N) is 1. The summed E-state index contributed by atoms with van der Waals surface area (Å²) < 4.78 is 6.75. The van der Waals surface area contributed by atoms with Crippen molar-refractivity contribution >= 4 is 43.7 Å². The molecule has 0 atom stereocenters. The number of fused-ring (bicyclic) bond motifs is 6. The van der Waals surface area contributed by atoms with E-state index in [0.29, 0.717) is 0 Å². The minimum absolute atomic E-state index is 0.885. The molecule has 0 saturated heterocycles. The lowest BCUT2D eigenvalue weighted by atomic mass is 9.93. The van der Waals surface area contributed by atoms with Crippen LogP contribution in [0.3, 0.4) is 0 Å². The monoisotopic (exact) mass is 637 g/mol. The van der Waals surface area contributed by atoms with Crippen molar-refractivity contribution in [1.82, 2.24) is 4.98 Å². The Balaban J connectivity index is 1.15. The Morgan fingerprint density at radius 3 is 1.46 bits per heavy atom. The van der Waals surface area contributed by atoms with E-state index in [0.717, 1.165) is 49.7 Å². The largest absolute Gasteiger partial charge is 0.455 e. The predicted molar refractivity (Wildman–Crippen MR) is 210 cm³/mol. The van der Waals surface area contributed by atoms with Crippen molar-refractivity contribution in [2.45, 2.75) is 0 Å². The average molecular weight is 638 g/mol. The molecule has 8 aromatic carbocycles. The zero-order valence-electron chi connectivity index (χ0n) is 27.2. The Kier molecular flexibility index (Phi) is 6.53. The second-order valence-electron chi connectivity index (χ2n) is 13.0. The number of aromatic nitrogens is 1. The molecular weight excluding hydrogens is 607 g/mol. The van der Waals surface area contributed by atoms with Gasteiger partial charge in [-0.2, -0.15) is 0 Å². The molecule has 0 spiro atoms. The fourth-order valence-corrected chi connectivity index (χ4v) is 7.43. The number of H-pyrrole nitrogens is 1. The third kappa shape index (κ3) is 4.81. The van der Waals surface area contributed by atoms with Gasteiger partial charge in [0.2, 0.25) is 0 Å². The summed E-state index contributed by atoms with van der Waals surface area (Å²) in [5.74, 6) is 0. The first-order valence-electron chi connectivity index (χ1n) is 17.1. The van der Waals surface area contributed by atoms with Crippen molar-refractivity contribution in [3.05, 3.63) is 182 Å². The Bertz CT molecular complexity index is 2820. The van der Waals surface area contributed by atoms with Gasteiger partial charge in [0.05, 0.1) is 0 Å². The Morgan fingerprint density at radius 1 is 0.300 bits per heavy atom. The third-order valence-electron chi connectivity index (χ3n) is 10.0. The van der Waals surface area contributed by atoms with E-state index in [1.807, 2.05) is 0 Å². The molecule has 10 aromatic rings. The van der Waals surface area contributed by atoms with Crippen molar-refractivity contribution in [2.24, 2.45) is 0 Å². The molecule has 0 aliphatic rings. The first-order valence-corrected chi connectivity index (χ1v) is 17.1. The Hall–Kier alpha value is -6.64. The van der Waals surface area contributed by atoms with Gasteiger partial charge >= 0.3 is 0 Å². The summed E-state index contributed by atoms with van der Waals surface area (Å²) in [6.07, 6.45) is 0. The van der Waals surface area contributed by atoms with Crippen LogP contribution in [0.1, 0.15) is 0 Å². The van der Waals surface area contributed by atoms with Gasteiger partial charge in [-0.25, -0.2) is 0 Å². The molecule has 234 valence electrons. The maximum Gasteiger partial charge on any atom is 0.143 e. The van der Waals surface area contributed by atoms with E-state index in [2.05, 4.69) is 187 Å². The van der Waals surface area contributed by atoms with Gasteiger partial charge in [-0.1, -0.05) is 140 Å². The van der Waals surface area contributed by atoms with Gasteiger partial charge in [0.25, 0.3) is 0 Å². The summed E-state index contributed by atoms with van der Waals surface area (Å²) in [6.45, 7) is 0. The van der Waals surface area contributed by atoms with E-state index in [4.69, 9.17) is 4.42 Å². The average Bonchev–Trinajstić information content (AvgIpc) is 3.76. The summed E-state index contributed by atoms with van der Waals surface area (Å²) in [7, 11) is 0. The number of hydrogen-bond donors (Lipinski definition) is 1. The number of hydrogen-bond acceptors (Lipinski definition) is 1. The fourth-order valence-electron chi connectivity index (χ4n) is 7.43. The number of furan rings is 1. The molecule has 0 aliphatic carbocycles. The van der Waals surface area contributed by atoms with Crippen molar-refractivity contribution in [1.29, 1.82) is 0 Å². The van der Waals surface area contributed by atoms with Gasteiger partial charge in [-0.15, -0.1) is 0 Å². The normalized spacial score (nSPS) is 11.6. The highest BCUT2D eigenvalue weighted by Crippen LogP contribution is 2.42. The third-order valence-corrected chi connectivity index (χ3v) is 10.0. The highest BCUT2D eigenvalue weighted by molar-refractivity contribution is 6.14. The van der Waals surface area contributed by atoms with Gasteiger partial charge in [-0.05, 0) is 92.5 Å². The predicted octanol–water partition coefficient (Wildman–Crippen LogP) is 13.6. The molecule has 0 bridgehead atoms.